The maximum Gasteiger partial charge on any atom is 0.228 e. The molecule has 0 saturated heterocycles. The summed E-state index contributed by atoms with van der Waals surface area (Å²) in [5.74, 6) is -0.282. The minimum atomic E-state index is -0.308. The van der Waals surface area contributed by atoms with Gasteiger partial charge in [0.15, 0.2) is 0 Å². The molecule has 4 atom stereocenters. The van der Waals surface area contributed by atoms with Crippen molar-refractivity contribution in [1.29, 1.82) is 0 Å². The van der Waals surface area contributed by atoms with Crippen LogP contribution in [0.3, 0.4) is 0 Å². The summed E-state index contributed by atoms with van der Waals surface area (Å²) in [5, 5.41) is 13.2. The van der Waals surface area contributed by atoms with Crippen LogP contribution in [-0.4, -0.2) is 28.6 Å². The minimum Gasteiger partial charge on any atom is -0.356 e. The van der Waals surface area contributed by atoms with Gasteiger partial charge in [-0.15, -0.1) is 0 Å². The molecule has 2 bridgehead atoms. The van der Waals surface area contributed by atoms with E-state index in [1.165, 1.54) is 5.56 Å². The van der Waals surface area contributed by atoms with E-state index in [0.29, 0.717) is 6.54 Å². The monoisotopic (exact) mass is 482 g/mol. The summed E-state index contributed by atoms with van der Waals surface area (Å²) in [4.78, 5) is 26.5. The number of carbonyl (C=O) groups is 2. The highest BCUT2D eigenvalue weighted by Crippen LogP contribution is 2.72. The van der Waals surface area contributed by atoms with E-state index < -0.39 is 0 Å². The first-order chi connectivity index (χ1) is 15.0. The molecule has 1 heterocycles. The Morgan fingerprint density at radius 3 is 2.42 bits per heavy atom. The van der Waals surface area contributed by atoms with Crippen molar-refractivity contribution in [3.63, 3.8) is 0 Å². The lowest BCUT2D eigenvalue weighted by Gasteiger charge is -2.26. The van der Waals surface area contributed by atoms with Crippen molar-refractivity contribution in [3.8, 4) is 0 Å². The van der Waals surface area contributed by atoms with Crippen molar-refractivity contribution in [2.45, 2.75) is 32.6 Å². The zero-order valence-corrected chi connectivity index (χ0v) is 19.1. The van der Waals surface area contributed by atoms with E-state index in [1.807, 2.05) is 37.4 Å². The van der Waals surface area contributed by atoms with Crippen molar-refractivity contribution in [1.82, 2.24) is 15.5 Å². The van der Waals surface area contributed by atoms with E-state index in [4.69, 9.17) is 0 Å². The third-order valence-electron chi connectivity index (χ3n) is 7.42. The van der Waals surface area contributed by atoms with Crippen LogP contribution in [0.25, 0.3) is 0 Å². The highest BCUT2D eigenvalue weighted by Gasteiger charge is 2.69. The maximum absolute atomic E-state index is 13.3. The first-order valence-electron chi connectivity index (χ1n) is 11.0. The summed E-state index contributed by atoms with van der Waals surface area (Å²) in [6.07, 6.45) is 10.2. The second kappa shape index (κ2) is 7.93. The topological polar surface area (TPSA) is 86.9 Å². The molecule has 3 aliphatic carbocycles. The smallest absolute Gasteiger partial charge is 0.228 e. The van der Waals surface area contributed by atoms with E-state index in [0.717, 1.165) is 41.5 Å². The van der Waals surface area contributed by atoms with Gasteiger partial charge in [-0.1, -0.05) is 28.1 Å². The maximum atomic E-state index is 13.3. The quantitative estimate of drug-likeness (QED) is 0.411. The molecule has 2 fully saturated rings. The van der Waals surface area contributed by atoms with E-state index in [-0.39, 0.29) is 40.9 Å². The van der Waals surface area contributed by atoms with Crippen molar-refractivity contribution in [2.24, 2.45) is 29.1 Å². The van der Waals surface area contributed by atoms with Gasteiger partial charge in [-0.05, 0) is 79.7 Å². The highest BCUT2D eigenvalue weighted by atomic mass is 79.9. The number of allylic oxidation sites excluding steroid dienone is 2. The fraction of sp³-hybridized carbons (Fsp3) is 0.458. The van der Waals surface area contributed by atoms with Gasteiger partial charge in [-0.2, -0.15) is 5.10 Å². The van der Waals surface area contributed by atoms with Crippen molar-refractivity contribution < 1.29 is 9.59 Å². The molecule has 2 saturated carbocycles. The van der Waals surface area contributed by atoms with Gasteiger partial charge in [-0.3, -0.25) is 14.7 Å². The number of halogens is 1. The first kappa shape index (κ1) is 20.5. The summed E-state index contributed by atoms with van der Waals surface area (Å²) in [6, 6.07) is 7.57. The number of hydrogen-bond acceptors (Lipinski definition) is 3. The van der Waals surface area contributed by atoms with Crippen LogP contribution < -0.4 is 10.6 Å². The zero-order valence-electron chi connectivity index (χ0n) is 17.5. The molecule has 5 rings (SSSR count). The van der Waals surface area contributed by atoms with Crippen LogP contribution in [0.1, 0.15) is 30.5 Å². The molecule has 2 amide bonds. The van der Waals surface area contributed by atoms with Crippen LogP contribution in [0.5, 0.6) is 0 Å². The molecule has 1 spiro atoms. The molecule has 7 heteroatoms. The molecular formula is C24H27BrN4O2. The number of hydrogen-bond donors (Lipinski definition) is 3. The summed E-state index contributed by atoms with van der Waals surface area (Å²) in [5.41, 5.74) is 3.16. The minimum absolute atomic E-state index is 0.0167. The number of amides is 2. The number of aromatic amines is 1. The Bertz CT molecular complexity index is 1020. The van der Waals surface area contributed by atoms with Crippen LogP contribution in [0.15, 0.2) is 47.1 Å². The molecule has 0 radical (unpaired) electrons. The molecule has 2 aromatic rings. The number of nitrogens with one attached hydrogen (secondary N) is 3. The number of benzene rings is 1. The molecule has 31 heavy (non-hydrogen) atoms. The molecule has 162 valence electrons. The fourth-order valence-electron chi connectivity index (χ4n) is 5.70. The van der Waals surface area contributed by atoms with E-state index in [2.05, 4.69) is 48.9 Å². The fourth-order valence-corrected chi connectivity index (χ4v) is 5.97. The van der Waals surface area contributed by atoms with Gasteiger partial charge in [0.25, 0.3) is 0 Å². The Morgan fingerprint density at radius 1 is 1.13 bits per heavy atom. The number of aryl methyl sites for hydroxylation is 2. The van der Waals surface area contributed by atoms with E-state index in [9.17, 15) is 9.59 Å². The summed E-state index contributed by atoms with van der Waals surface area (Å²) in [7, 11) is 0. The Balaban J connectivity index is 1.26. The zero-order chi connectivity index (χ0) is 21.6. The molecule has 3 aliphatic rings. The molecular weight excluding hydrogens is 456 g/mol. The standard InChI is InChI=1S/C24H27BrN4O2/c1-14-15(13-27-29-14)3-2-12-26-22(30)20-18-8-9-19(24(18)10-11-24)21(20)23(31)28-17-6-4-16(25)5-7-17/h4-9,13,18-21H,2-3,10-12H2,1H3,(H,26,30)(H,27,29)(H,28,31)/t18-,19+,20-,21-/m1/s1. The van der Waals surface area contributed by atoms with Crippen LogP contribution in [0.4, 0.5) is 5.69 Å². The third kappa shape index (κ3) is 3.63. The van der Waals surface area contributed by atoms with Crippen molar-refractivity contribution >= 4 is 33.4 Å². The SMILES string of the molecule is Cc1[nH]ncc1CCCNC(=O)[C@H]1[C@H](C(=O)Nc2ccc(Br)cc2)[C@@H]2C=C[C@H]1C21CC1. The normalized spacial score (nSPS) is 26.9. The van der Waals surface area contributed by atoms with Crippen LogP contribution in [-0.2, 0) is 16.0 Å². The third-order valence-corrected chi connectivity index (χ3v) is 7.94. The molecule has 3 N–H and O–H groups in total. The highest BCUT2D eigenvalue weighted by molar-refractivity contribution is 9.10. The predicted octanol–water partition coefficient (Wildman–Crippen LogP) is 4.00. The average molecular weight is 483 g/mol. The van der Waals surface area contributed by atoms with Gasteiger partial charge >= 0.3 is 0 Å². The predicted molar refractivity (Wildman–Crippen MR) is 122 cm³/mol. The molecule has 6 nitrogen and oxygen atoms in total. The van der Waals surface area contributed by atoms with Crippen LogP contribution in [0, 0.1) is 36.0 Å². The Morgan fingerprint density at radius 2 is 1.81 bits per heavy atom. The largest absolute Gasteiger partial charge is 0.356 e. The number of carbonyl (C=O) groups excluding carboxylic acids is 2. The molecule has 1 aromatic heterocycles. The van der Waals surface area contributed by atoms with Gasteiger partial charge < -0.3 is 10.6 Å². The lowest BCUT2D eigenvalue weighted by atomic mass is 9.81. The number of nitrogens with zero attached hydrogens (tertiary/aromatic N) is 1. The van der Waals surface area contributed by atoms with Gasteiger partial charge in [0.2, 0.25) is 11.8 Å². The number of H-pyrrole nitrogens is 1. The van der Waals surface area contributed by atoms with Crippen LogP contribution >= 0.6 is 15.9 Å². The molecule has 1 aromatic carbocycles. The second-order valence-corrected chi connectivity index (χ2v) is 10.0. The summed E-state index contributed by atoms with van der Waals surface area (Å²) in [6.45, 7) is 2.61. The van der Waals surface area contributed by atoms with Gasteiger partial charge in [0.1, 0.15) is 0 Å². The summed E-state index contributed by atoms with van der Waals surface area (Å²) >= 11 is 3.42. The number of anilines is 1. The Hall–Kier alpha value is -2.41. The second-order valence-electron chi connectivity index (χ2n) is 9.13. The number of rotatable bonds is 7. The van der Waals surface area contributed by atoms with Crippen molar-refractivity contribution in [3.05, 3.63) is 58.3 Å². The van der Waals surface area contributed by atoms with Gasteiger partial charge in [0, 0.05) is 22.4 Å². The van der Waals surface area contributed by atoms with Crippen molar-refractivity contribution in [2.75, 3.05) is 11.9 Å². The van der Waals surface area contributed by atoms with E-state index >= 15 is 0 Å². The molecule has 0 aliphatic heterocycles. The van der Waals surface area contributed by atoms with Gasteiger partial charge in [-0.25, -0.2) is 0 Å². The lowest BCUT2D eigenvalue weighted by Crippen LogP contribution is -2.42. The Labute approximate surface area is 190 Å². The lowest BCUT2D eigenvalue weighted by molar-refractivity contribution is -0.132. The first-order valence-corrected chi connectivity index (χ1v) is 11.8. The van der Waals surface area contributed by atoms with E-state index in [1.54, 1.807) is 0 Å². The summed E-state index contributed by atoms with van der Waals surface area (Å²) < 4.78 is 0.966. The van der Waals surface area contributed by atoms with Gasteiger partial charge in [0.05, 0.1) is 18.0 Å². The Kier molecular flexibility index (Phi) is 5.24. The number of aromatic nitrogens is 2. The molecule has 0 unspecified atom stereocenters. The van der Waals surface area contributed by atoms with Crippen LogP contribution in [0.2, 0.25) is 0 Å². The average Bonchev–Trinajstić information content (AvgIpc) is 3.25.